The van der Waals surface area contributed by atoms with Gasteiger partial charge in [0, 0.05) is 37.4 Å². The second-order valence-corrected chi connectivity index (χ2v) is 7.61. The predicted molar refractivity (Wildman–Crippen MR) is 114 cm³/mol. The van der Waals surface area contributed by atoms with Crippen LogP contribution in [0.4, 0.5) is 11.4 Å². The summed E-state index contributed by atoms with van der Waals surface area (Å²) in [6.45, 7) is 4.49. The van der Waals surface area contributed by atoms with E-state index in [9.17, 15) is 14.4 Å². The molecule has 0 N–H and O–H groups in total. The van der Waals surface area contributed by atoms with E-state index in [-0.39, 0.29) is 24.0 Å². The van der Waals surface area contributed by atoms with Gasteiger partial charge in [-0.1, -0.05) is 0 Å². The average Bonchev–Trinajstić information content (AvgIpc) is 3.08. The molecule has 7 heteroatoms. The number of carbonyl (C=O) groups excluding carboxylic acids is 3. The molecule has 2 aliphatic rings. The average molecular weight is 407 g/mol. The van der Waals surface area contributed by atoms with Crippen LogP contribution in [0, 0.1) is 0 Å². The molecular weight excluding hydrogens is 382 g/mol. The lowest BCUT2D eigenvalue weighted by molar-refractivity contribution is -0.123. The minimum Gasteiger partial charge on any atom is -0.497 e. The number of benzene rings is 2. The third-order valence-electron chi connectivity index (χ3n) is 5.85. The zero-order valence-corrected chi connectivity index (χ0v) is 17.2. The van der Waals surface area contributed by atoms with Gasteiger partial charge in [0.05, 0.1) is 25.3 Å². The second-order valence-electron chi connectivity index (χ2n) is 7.61. The molecule has 0 aromatic heterocycles. The Morgan fingerprint density at radius 2 is 1.50 bits per heavy atom. The fraction of sp³-hybridized carbons (Fsp3) is 0.348. The standard InChI is InChI=1S/C23H25N3O4/c1-16(27)17-3-5-18(6-4-17)24-11-13-25(14-12-24)21-15-22(28)26(23(21)29)19-7-9-20(30-2)10-8-19/h3-10,21H,11-15H2,1-2H3/t21-/m1/s1. The van der Waals surface area contributed by atoms with Gasteiger partial charge in [-0.05, 0) is 55.5 Å². The number of anilines is 2. The van der Waals surface area contributed by atoms with Gasteiger partial charge in [-0.2, -0.15) is 0 Å². The third-order valence-corrected chi connectivity index (χ3v) is 5.85. The van der Waals surface area contributed by atoms with Crippen LogP contribution in [0.3, 0.4) is 0 Å². The van der Waals surface area contributed by atoms with Crippen molar-refractivity contribution in [1.82, 2.24) is 4.90 Å². The quantitative estimate of drug-likeness (QED) is 0.560. The molecular formula is C23H25N3O4. The van der Waals surface area contributed by atoms with E-state index in [4.69, 9.17) is 4.74 Å². The highest BCUT2D eigenvalue weighted by Gasteiger charge is 2.43. The number of amides is 2. The van der Waals surface area contributed by atoms with Crippen molar-refractivity contribution in [3.05, 3.63) is 54.1 Å². The molecule has 2 aromatic rings. The zero-order chi connectivity index (χ0) is 21.3. The molecule has 0 unspecified atom stereocenters. The first kappa shape index (κ1) is 20.1. The van der Waals surface area contributed by atoms with Gasteiger partial charge < -0.3 is 9.64 Å². The molecule has 30 heavy (non-hydrogen) atoms. The summed E-state index contributed by atoms with van der Waals surface area (Å²) >= 11 is 0. The van der Waals surface area contributed by atoms with Crippen molar-refractivity contribution in [2.45, 2.75) is 19.4 Å². The van der Waals surface area contributed by atoms with Crippen LogP contribution in [0.5, 0.6) is 5.75 Å². The summed E-state index contributed by atoms with van der Waals surface area (Å²) < 4.78 is 5.15. The topological polar surface area (TPSA) is 70.2 Å². The highest BCUT2D eigenvalue weighted by molar-refractivity contribution is 6.22. The predicted octanol–water partition coefficient (Wildman–Crippen LogP) is 2.35. The first-order valence-electron chi connectivity index (χ1n) is 10.1. The van der Waals surface area contributed by atoms with Crippen LogP contribution in [0.15, 0.2) is 48.5 Å². The Morgan fingerprint density at radius 1 is 0.900 bits per heavy atom. The van der Waals surface area contributed by atoms with Crippen molar-refractivity contribution in [3.8, 4) is 5.75 Å². The summed E-state index contributed by atoms with van der Waals surface area (Å²) in [6.07, 6.45) is 0.207. The summed E-state index contributed by atoms with van der Waals surface area (Å²) in [7, 11) is 1.58. The number of hydrogen-bond donors (Lipinski definition) is 0. The molecule has 2 fully saturated rings. The van der Waals surface area contributed by atoms with E-state index in [0.29, 0.717) is 30.1 Å². The fourth-order valence-electron chi connectivity index (χ4n) is 4.10. The number of ketones is 1. The number of ether oxygens (including phenoxy) is 1. The summed E-state index contributed by atoms with van der Waals surface area (Å²) in [5.74, 6) is 0.404. The normalized spacial score (nSPS) is 20.0. The smallest absolute Gasteiger partial charge is 0.251 e. The van der Waals surface area contributed by atoms with Gasteiger partial charge >= 0.3 is 0 Å². The number of rotatable bonds is 5. The van der Waals surface area contributed by atoms with E-state index in [1.54, 1.807) is 38.3 Å². The molecule has 2 amide bonds. The second kappa shape index (κ2) is 8.28. The van der Waals surface area contributed by atoms with Crippen molar-refractivity contribution >= 4 is 29.0 Å². The van der Waals surface area contributed by atoms with Crippen LogP contribution in [-0.2, 0) is 9.59 Å². The van der Waals surface area contributed by atoms with Crippen LogP contribution < -0.4 is 14.5 Å². The molecule has 4 rings (SSSR count). The Balaban J connectivity index is 1.40. The number of hydrogen-bond acceptors (Lipinski definition) is 6. The lowest BCUT2D eigenvalue weighted by atomic mass is 10.1. The summed E-state index contributed by atoms with van der Waals surface area (Å²) in [4.78, 5) is 42.7. The van der Waals surface area contributed by atoms with E-state index in [0.717, 1.165) is 18.8 Å². The molecule has 1 atom stereocenters. The number of Topliss-reactive ketones (excluding diaryl/α,β-unsaturated/α-hetero) is 1. The minimum absolute atomic E-state index is 0.0530. The molecule has 156 valence electrons. The molecule has 0 radical (unpaired) electrons. The number of imide groups is 1. The Hall–Kier alpha value is -3.19. The van der Waals surface area contributed by atoms with Crippen molar-refractivity contribution in [2.75, 3.05) is 43.1 Å². The molecule has 0 spiro atoms. The van der Waals surface area contributed by atoms with Crippen LogP contribution >= 0.6 is 0 Å². The number of carbonyl (C=O) groups is 3. The van der Waals surface area contributed by atoms with Crippen LogP contribution in [0.2, 0.25) is 0 Å². The maximum Gasteiger partial charge on any atom is 0.251 e. The summed E-state index contributed by atoms with van der Waals surface area (Å²) in [5, 5.41) is 0. The van der Waals surface area contributed by atoms with Gasteiger partial charge in [-0.25, -0.2) is 4.90 Å². The fourth-order valence-corrected chi connectivity index (χ4v) is 4.10. The molecule has 0 saturated carbocycles. The third kappa shape index (κ3) is 3.80. The molecule has 2 aromatic carbocycles. The monoisotopic (exact) mass is 407 g/mol. The summed E-state index contributed by atoms with van der Waals surface area (Å²) in [6, 6.07) is 14.2. The van der Waals surface area contributed by atoms with Crippen molar-refractivity contribution < 1.29 is 19.1 Å². The maximum absolute atomic E-state index is 13.0. The summed E-state index contributed by atoms with van der Waals surface area (Å²) in [5.41, 5.74) is 2.34. The van der Waals surface area contributed by atoms with Crippen molar-refractivity contribution in [2.24, 2.45) is 0 Å². The highest BCUT2D eigenvalue weighted by Crippen LogP contribution is 2.28. The van der Waals surface area contributed by atoms with Crippen LogP contribution in [-0.4, -0.2) is 61.8 Å². The van der Waals surface area contributed by atoms with Gasteiger partial charge in [0.1, 0.15) is 5.75 Å². The minimum atomic E-state index is -0.415. The van der Waals surface area contributed by atoms with Crippen molar-refractivity contribution in [3.63, 3.8) is 0 Å². The molecule has 2 aliphatic heterocycles. The van der Waals surface area contributed by atoms with Gasteiger partial charge in [0.15, 0.2) is 5.78 Å². The largest absolute Gasteiger partial charge is 0.497 e. The molecule has 7 nitrogen and oxygen atoms in total. The van der Waals surface area contributed by atoms with Gasteiger partial charge in [-0.3, -0.25) is 19.3 Å². The Labute approximate surface area is 175 Å². The first-order chi connectivity index (χ1) is 14.5. The first-order valence-corrected chi connectivity index (χ1v) is 10.1. The maximum atomic E-state index is 13.0. The number of nitrogens with zero attached hydrogens (tertiary/aromatic N) is 3. The molecule has 0 aliphatic carbocycles. The Kier molecular flexibility index (Phi) is 5.55. The van der Waals surface area contributed by atoms with Crippen molar-refractivity contribution in [1.29, 1.82) is 0 Å². The Bertz CT molecular complexity index is 947. The Morgan fingerprint density at radius 3 is 2.07 bits per heavy atom. The van der Waals surface area contributed by atoms with E-state index >= 15 is 0 Å². The SMILES string of the molecule is COc1ccc(N2C(=O)C[C@@H](N3CCN(c4ccc(C(C)=O)cc4)CC3)C2=O)cc1. The van der Waals surface area contributed by atoms with Gasteiger partial charge in [0.2, 0.25) is 5.91 Å². The van der Waals surface area contributed by atoms with Gasteiger partial charge in [-0.15, -0.1) is 0 Å². The van der Waals surface area contributed by atoms with Crippen LogP contribution in [0.25, 0.3) is 0 Å². The number of methoxy groups -OCH3 is 1. The molecule has 0 bridgehead atoms. The van der Waals surface area contributed by atoms with E-state index in [1.807, 2.05) is 24.3 Å². The van der Waals surface area contributed by atoms with E-state index < -0.39 is 6.04 Å². The van der Waals surface area contributed by atoms with E-state index in [2.05, 4.69) is 9.80 Å². The lowest BCUT2D eigenvalue weighted by Gasteiger charge is -2.38. The highest BCUT2D eigenvalue weighted by atomic mass is 16.5. The lowest BCUT2D eigenvalue weighted by Crippen LogP contribution is -2.52. The zero-order valence-electron chi connectivity index (χ0n) is 17.2. The van der Waals surface area contributed by atoms with Crippen LogP contribution in [0.1, 0.15) is 23.7 Å². The van der Waals surface area contributed by atoms with Gasteiger partial charge in [0.25, 0.3) is 5.91 Å². The van der Waals surface area contributed by atoms with E-state index in [1.165, 1.54) is 4.90 Å². The number of piperazine rings is 1. The molecule has 2 heterocycles. The molecule has 2 saturated heterocycles.